The second-order valence-corrected chi connectivity index (χ2v) is 3.36. The van der Waals surface area contributed by atoms with E-state index in [9.17, 15) is 18.0 Å². The number of H-pyrrole nitrogens is 1. The minimum atomic E-state index is -4.88. The van der Waals surface area contributed by atoms with Crippen LogP contribution in [0.3, 0.4) is 0 Å². The molecule has 2 N–H and O–H groups in total. The van der Waals surface area contributed by atoms with Crippen molar-refractivity contribution >= 4 is 15.9 Å². The van der Waals surface area contributed by atoms with E-state index in [4.69, 9.17) is 5.11 Å². The molecule has 0 unspecified atom stereocenters. The van der Waals surface area contributed by atoms with Crippen molar-refractivity contribution in [1.82, 2.24) is 4.98 Å². The SMILES string of the molecule is O=c1cc(OC(F)(F)F)[nH]c(CO)c1CBr. The number of halogens is 4. The molecule has 0 spiro atoms. The Morgan fingerprint density at radius 3 is 2.56 bits per heavy atom. The first kappa shape index (κ1) is 13.0. The van der Waals surface area contributed by atoms with Gasteiger partial charge in [-0.1, -0.05) is 15.9 Å². The van der Waals surface area contributed by atoms with Crippen molar-refractivity contribution in [2.45, 2.75) is 18.3 Å². The van der Waals surface area contributed by atoms with E-state index in [1.807, 2.05) is 0 Å². The minimum absolute atomic E-state index is 0.0105. The van der Waals surface area contributed by atoms with E-state index in [1.54, 1.807) is 0 Å². The smallest absolute Gasteiger partial charge is 0.390 e. The van der Waals surface area contributed by atoms with Gasteiger partial charge in [0.2, 0.25) is 5.88 Å². The summed E-state index contributed by atoms with van der Waals surface area (Å²) in [6, 6.07) is 0.684. The maximum Gasteiger partial charge on any atom is 0.574 e. The molecule has 1 rings (SSSR count). The number of rotatable bonds is 3. The van der Waals surface area contributed by atoms with Crippen molar-refractivity contribution in [3.63, 3.8) is 0 Å². The van der Waals surface area contributed by atoms with Crippen molar-refractivity contribution in [2.24, 2.45) is 0 Å². The summed E-state index contributed by atoms with van der Waals surface area (Å²) in [6.45, 7) is -0.578. The Bertz CT molecular complexity index is 430. The lowest BCUT2D eigenvalue weighted by molar-refractivity contribution is -0.276. The van der Waals surface area contributed by atoms with Gasteiger partial charge in [-0.25, -0.2) is 0 Å². The molecular formula is C8H7BrF3NO3. The summed E-state index contributed by atoms with van der Waals surface area (Å²) >= 11 is 2.99. The van der Waals surface area contributed by atoms with Gasteiger partial charge in [0, 0.05) is 17.0 Å². The van der Waals surface area contributed by atoms with Gasteiger partial charge < -0.3 is 14.8 Å². The van der Waals surface area contributed by atoms with Crippen LogP contribution in [0.15, 0.2) is 10.9 Å². The van der Waals surface area contributed by atoms with Crippen molar-refractivity contribution in [3.05, 3.63) is 27.5 Å². The maximum absolute atomic E-state index is 11.9. The molecule has 16 heavy (non-hydrogen) atoms. The van der Waals surface area contributed by atoms with E-state index in [-0.39, 0.29) is 16.6 Å². The highest BCUT2D eigenvalue weighted by atomic mass is 79.9. The Morgan fingerprint density at radius 2 is 2.12 bits per heavy atom. The average Bonchev–Trinajstić information content (AvgIpc) is 2.14. The summed E-state index contributed by atoms with van der Waals surface area (Å²) in [5.41, 5.74) is -0.487. The third-order valence-electron chi connectivity index (χ3n) is 1.72. The quantitative estimate of drug-likeness (QED) is 0.835. The highest BCUT2D eigenvalue weighted by Crippen LogP contribution is 2.20. The fourth-order valence-electron chi connectivity index (χ4n) is 1.08. The number of pyridine rings is 1. The number of nitrogens with one attached hydrogen (secondary N) is 1. The molecule has 4 nitrogen and oxygen atoms in total. The van der Waals surface area contributed by atoms with E-state index in [2.05, 4.69) is 25.7 Å². The van der Waals surface area contributed by atoms with Crippen LogP contribution in [0.5, 0.6) is 5.88 Å². The standard InChI is InChI=1S/C8H7BrF3NO3/c9-2-4-5(3-14)13-7(1-6(4)15)16-8(10,11)12/h1,14H,2-3H2,(H,13,15). The fraction of sp³-hybridized carbons (Fsp3) is 0.375. The maximum atomic E-state index is 11.9. The van der Waals surface area contributed by atoms with Gasteiger partial charge in [-0.2, -0.15) is 0 Å². The Labute approximate surface area is 96.2 Å². The summed E-state index contributed by atoms with van der Waals surface area (Å²) < 4.78 is 39.2. The Kier molecular flexibility index (Phi) is 3.98. The van der Waals surface area contributed by atoms with Crippen molar-refractivity contribution < 1.29 is 23.0 Å². The van der Waals surface area contributed by atoms with Crippen LogP contribution in [0, 0.1) is 0 Å². The van der Waals surface area contributed by atoms with E-state index in [0.29, 0.717) is 6.07 Å². The lowest BCUT2D eigenvalue weighted by Crippen LogP contribution is -2.21. The van der Waals surface area contributed by atoms with Crippen LogP contribution in [0.1, 0.15) is 11.3 Å². The number of alkyl halides is 4. The number of aliphatic hydroxyl groups is 1. The first-order valence-electron chi connectivity index (χ1n) is 4.05. The monoisotopic (exact) mass is 301 g/mol. The first-order valence-corrected chi connectivity index (χ1v) is 5.17. The summed E-state index contributed by atoms with van der Waals surface area (Å²) in [4.78, 5) is 13.5. The lowest BCUT2D eigenvalue weighted by atomic mass is 10.2. The third-order valence-corrected chi connectivity index (χ3v) is 2.28. The molecule has 0 saturated carbocycles. The summed E-state index contributed by atoms with van der Waals surface area (Å²) in [5.74, 6) is -0.744. The number of aromatic nitrogens is 1. The molecule has 0 atom stereocenters. The number of aromatic amines is 1. The topological polar surface area (TPSA) is 62.3 Å². The van der Waals surface area contributed by atoms with E-state index in [1.165, 1.54) is 0 Å². The Hall–Kier alpha value is -1.02. The average molecular weight is 302 g/mol. The Balaban J connectivity index is 3.16. The molecule has 1 heterocycles. The normalized spacial score (nSPS) is 11.6. The molecule has 0 aliphatic heterocycles. The third kappa shape index (κ3) is 3.24. The summed E-state index contributed by atoms with van der Waals surface area (Å²) in [7, 11) is 0. The van der Waals surface area contributed by atoms with Gasteiger partial charge in [0.1, 0.15) is 0 Å². The molecule has 0 bridgehead atoms. The van der Waals surface area contributed by atoms with Crippen LogP contribution >= 0.6 is 15.9 Å². The zero-order chi connectivity index (χ0) is 12.3. The van der Waals surface area contributed by atoms with Gasteiger partial charge in [0.25, 0.3) is 0 Å². The van der Waals surface area contributed by atoms with E-state index in [0.717, 1.165) is 0 Å². The van der Waals surface area contributed by atoms with Gasteiger partial charge in [0.05, 0.1) is 12.3 Å². The van der Waals surface area contributed by atoms with Crippen LogP contribution in [-0.2, 0) is 11.9 Å². The molecule has 8 heteroatoms. The van der Waals surface area contributed by atoms with Crippen LogP contribution in [0.25, 0.3) is 0 Å². The number of ether oxygens (including phenoxy) is 1. The first-order chi connectivity index (χ1) is 7.37. The predicted octanol–water partition coefficient (Wildman–Crippen LogP) is 1.66. The Morgan fingerprint density at radius 1 is 1.50 bits per heavy atom. The highest BCUT2D eigenvalue weighted by Gasteiger charge is 2.32. The van der Waals surface area contributed by atoms with Crippen LogP contribution in [-0.4, -0.2) is 16.5 Å². The highest BCUT2D eigenvalue weighted by molar-refractivity contribution is 9.08. The molecular weight excluding hydrogens is 295 g/mol. The minimum Gasteiger partial charge on any atom is -0.390 e. The molecule has 0 saturated heterocycles. The van der Waals surface area contributed by atoms with Gasteiger partial charge in [-0.15, -0.1) is 13.2 Å². The van der Waals surface area contributed by atoms with Gasteiger partial charge >= 0.3 is 6.36 Å². The molecule has 1 aromatic rings. The molecule has 0 fully saturated rings. The molecule has 0 aromatic carbocycles. The van der Waals surface area contributed by atoms with Crippen molar-refractivity contribution in [3.8, 4) is 5.88 Å². The molecule has 1 aromatic heterocycles. The molecule has 0 aliphatic carbocycles. The molecule has 0 aliphatic rings. The van der Waals surface area contributed by atoms with E-state index >= 15 is 0 Å². The lowest BCUT2D eigenvalue weighted by Gasteiger charge is -2.11. The summed E-state index contributed by atoms with van der Waals surface area (Å²) in [6.07, 6.45) is -4.88. The number of aliphatic hydroxyl groups excluding tert-OH is 1. The van der Waals surface area contributed by atoms with E-state index < -0.39 is 24.3 Å². The van der Waals surface area contributed by atoms with Crippen LogP contribution in [0.2, 0.25) is 0 Å². The van der Waals surface area contributed by atoms with Gasteiger partial charge in [-0.05, 0) is 0 Å². The van der Waals surface area contributed by atoms with Crippen LogP contribution < -0.4 is 10.2 Å². The number of hydrogen-bond donors (Lipinski definition) is 2. The predicted molar refractivity (Wildman–Crippen MR) is 52.3 cm³/mol. The second-order valence-electron chi connectivity index (χ2n) is 2.79. The molecule has 0 amide bonds. The van der Waals surface area contributed by atoms with Gasteiger partial charge in [0.15, 0.2) is 5.43 Å². The fourth-order valence-corrected chi connectivity index (χ4v) is 1.69. The zero-order valence-corrected chi connectivity index (χ0v) is 9.35. The molecule has 0 radical (unpaired) electrons. The van der Waals surface area contributed by atoms with Crippen LogP contribution in [0.4, 0.5) is 13.2 Å². The summed E-state index contributed by atoms with van der Waals surface area (Å²) in [5, 5.41) is 9.00. The van der Waals surface area contributed by atoms with Crippen molar-refractivity contribution in [2.75, 3.05) is 0 Å². The van der Waals surface area contributed by atoms with Gasteiger partial charge in [-0.3, -0.25) is 4.79 Å². The zero-order valence-electron chi connectivity index (χ0n) is 7.77. The largest absolute Gasteiger partial charge is 0.574 e. The number of hydrogen-bond acceptors (Lipinski definition) is 3. The van der Waals surface area contributed by atoms with Crippen molar-refractivity contribution in [1.29, 1.82) is 0 Å². The molecule has 90 valence electrons. The second kappa shape index (κ2) is 4.88.